The Balaban J connectivity index is 1.52. The Hall–Kier alpha value is -2.96. The van der Waals surface area contributed by atoms with Gasteiger partial charge >= 0.3 is 0 Å². The third kappa shape index (κ3) is 2.68. The number of hydrogen-bond donors (Lipinski definition) is 0. The fraction of sp³-hybridized carbons (Fsp3) is 0.294. The van der Waals surface area contributed by atoms with Crippen LogP contribution in [0.4, 0.5) is 5.82 Å². The van der Waals surface area contributed by atoms with Crippen LogP contribution in [0.3, 0.4) is 0 Å². The summed E-state index contributed by atoms with van der Waals surface area (Å²) in [6, 6.07) is 7.39. The first-order valence-electron chi connectivity index (χ1n) is 8.06. The maximum absolute atomic E-state index is 12.6. The van der Waals surface area contributed by atoms with Crippen LogP contribution in [-0.4, -0.2) is 56.6 Å². The first-order chi connectivity index (χ1) is 11.8. The highest BCUT2D eigenvalue weighted by Gasteiger charge is 2.21. The van der Waals surface area contributed by atoms with Gasteiger partial charge in [-0.05, 0) is 24.6 Å². The number of nitrogens with zero attached hydrogens (tertiary/aromatic N) is 6. The van der Waals surface area contributed by atoms with Crippen LogP contribution < -0.4 is 4.90 Å². The van der Waals surface area contributed by atoms with Crippen LogP contribution in [-0.2, 0) is 0 Å². The highest BCUT2D eigenvalue weighted by molar-refractivity contribution is 5.94. The van der Waals surface area contributed by atoms with Gasteiger partial charge in [-0.3, -0.25) is 9.78 Å². The fourth-order valence-electron chi connectivity index (χ4n) is 3.09. The van der Waals surface area contributed by atoms with Crippen LogP contribution in [0.5, 0.6) is 0 Å². The molecule has 4 heterocycles. The second-order valence-electron chi connectivity index (χ2n) is 5.77. The van der Waals surface area contributed by atoms with Crippen molar-refractivity contribution in [1.29, 1.82) is 0 Å². The van der Waals surface area contributed by atoms with Crippen molar-refractivity contribution in [1.82, 2.24) is 24.5 Å². The molecule has 0 N–H and O–H groups in total. The third-order valence-electron chi connectivity index (χ3n) is 4.30. The minimum Gasteiger partial charge on any atom is -0.355 e. The van der Waals surface area contributed by atoms with Gasteiger partial charge in [0.2, 0.25) is 0 Å². The Morgan fingerprint density at radius 1 is 0.917 bits per heavy atom. The molecule has 3 aromatic rings. The smallest absolute Gasteiger partial charge is 0.254 e. The number of hydrogen-bond acceptors (Lipinski definition) is 5. The predicted molar refractivity (Wildman–Crippen MR) is 90.0 cm³/mol. The molecule has 0 aliphatic carbocycles. The Kier molecular flexibility index (Phi) is 3.82. The molecule has 0 atom stereocenters. The third-order valence-corrected chi connectivity index (χ3v) is 4.30. The highest BCUT2D eigenvalue weighted by Crippen LogP contribution is 2.17. The van der Waals surface area contributed by atoms with Crippen molar-refractivity contribution in [2.45, 2.75) is 6.42 Å². The largest absolute Gasteiger partial charge is 0.355 e. The van der Waals surface area contributed by atoms with Crippen molar-refractivity contribution in [2.75, 3.05) is 31.1 Å². The van der Waals surface area contributed by atoms with Gasteiger partial charge in [0.1, 0.15) is 5.82 Å². The average molecular weight is 322 g/mol. The van der Waals surface area contributed by atoms with E-state index in [-0.39, 0.29) is 5.91 Å². The van der Waals surface area contributed by atoms with Gasteiger partial charge in [0.05, 0.1) is 6.20 Å². The zero-order valence-corrected chi connectivity index (χ0v) is 13.2. The van der Waals surface area contributed by atoms with E-state index in [2.05, 4.69) is 20.0 Å². The van der Waals surface area contributed by atoms with Crippen LogP contribution in [0, 0.1) is 0 Å². The minimum atomic E-state index is 0.0678. The molecule has 1 aliphatic rings. The quantitative estimate of drug-likeness (QED) is 0.715. The second-order valence-corrected chi connectivity index (χ2v) is 5.77. The first-order valence-corrected chi connectivity index (χ1v) is 8.06. The summed E-state index contributed by atoms with van der Waals surface area (Å²) in [5, 5.41) is 4.35. The number of pyridine rings is 1. The lowest BCUT2D eigenvalue weighted by Gasteiger charge is -2.24. The zero-order chi connectivity index (χ0) is 16.4. The van der Waals surface area contributed by atoms with E-state index in [0.29, 0.717) is 12.1 Å². The molecular weight excluding hydrogens is 304 g/mol. The van der Waals surface area contributed by atoms with Gasteiger partial charge in [-0.2, -0.15) is 9.61 Å². The van der Waals surface area contributed by atoms with Gasteiger partial charge in [0, 0.05) is 56.4 Å². The summed E-state index contributed by atoms with van der Waals surface area (Å²) in [5.41, 5.74) is 1.53. The van der Waals surface area contributed by atoms with E-state index in [1.807, 2.05) is 21.5 Å². The summed E-state index contributed by atoms with van der Waals surface area (Å²) in [7, 11) is 0. The van der Waals surface area contributed by atoms with Crippen molar-refractivity contribution < 1.29 is 4.79 Å². The van der Waals surface area contributed by atoms with Crippen molar-refractivity contribution >= 4 is 17.4 Å². The van der Waals surface area contributed by atoms with Gasteiger partial charge in [-0.1, -0.05) is 0 Å². The van der Waals surface area contributed by atoms with E-state index >= 15 is 0 Å². The Morgan fingerprint density at radius 3 is 2.67 bits per heavy atom. The van der Waals surface area contributed by atoms with E-state index in [0.717, 1.165) is 37.5 Å². The maximum Gasteiger partial charge on any atom is 0.254 e. The number of rotatable bonds is 2. The molecule has 7 heteroatoms. The maximum atomic E-state index is 12.6. The number of carbonyl (C=O) groups excluding carboxylic acids is 1. The lowest BCUT2D eigenvalue weighted by molar-refractivity contribution is 0.0767. The predicted octanol–water partition coefficient (Wildman–Crippen LogP) is 1.48. The molecule has 4 rings (SSSR count). The number of anilines is 1. The molecule has 0 saturated carbocycles. The Labute approximate surface area is 139 Å². The standard InChI is InChI=1S/C17H18N6O/c24-17(14-2-6-18-7-3-14)22-11-1-10-21(12-13-22)16-5-8-19-15-4-9-20-23(15)16/h2-9H,1,10-13H2. The lowest BCUT2D eigenvalue weighted by atomic mass is 10.2. The van der Waals surface area contributed by atoms with Crippen molar-refractivity contribution in [2.24, 2.45) is 0 Å². The van der Waals surface area contributed by atoms with Crippen LogP contribution in [0.2, 0.25) is 0 Å². The zero-order valence-electron chi connectivity index (χ0n) is 13.2. The molecule has 0 bridgehead atoms. The lowest BCUT2D eigenvalue weighted by Crippen LogP contribution is -2.35. The molecule has 24 heavy (non-hydrogen) atoms. The molecule has 0 unspecified atom stereocenters. The summed E-state index contributed by atoms with van der Waals surface area (Å²) < 4.78 is 1.85. The summed E-state index contributed by atoms with van der Waals surface area (Å²) in [5.74, 6) is 1.08. The average Bonchev–Trinajstić information content (AvgIpc) is 2.99. The normalized spacial score (nSPS) is 15.5. The summed E-state index contributed by atoms with van der Waals surface area (Å²) in [6.07, 6.45) is 7.79. The molecule has 3 aromatic heterocycles. The van der Waals surface area contributed by atoms with E-state index < -0.39 is 0 Å². The molecule has 1 aliphatic heterocycles. The van der Waals surface area contributed by atoms with Crippen molar-refractivity contribution in [3.63, 3.8) is 0 Å². The second kappa shape index (κ2) is 6.27. The topological polar surface area (TPSA) is 66.6 Å². The molecule has 122 valence electrons. The number of amides is 1. The molecule has 1 fully saturated rings. The molecule has 7 nitrogen and oxygen atoms in total. The Bertz CT molecular complexity index is 846. The van der Waals surface area contributed by atoms with Crippen LogP contribution in [0.25, 0.3) is 5.65 Å². The van der Waals surface area contributed by atoms with Crippen molar-refractivity contribution in [3.05, 3.63) is 54.6 Å². The van der Waals surface area contributed by atoms with E-state index in [1.165, 1.54) is 0 Å². The Morgan fingerprint density at radius 2 is 1.79 bits per heavy atom. The molecule has 1 saturated heterocycles. The fourth-order valence-corrected chi connectivity index (χ4v) is 3.09. The van der Waals surface area contributed by atoms with Gasteiger partial charge < -0.3 is 9.80 Å². The molecule has 0 spiro atoms. The summed E-state index contributed by atoms with van der Waals surface area (Å²) in [6.45, 7) is 3.10. The van der Waals surface area contributed by atoms with Gasteiger partial charge in [-0.25, -0.2) is 4.98 Å². The number of carbonyl (C=O) groups is 1. The molecule has 1 amide bonds. The minimum absolute atomic E-state index is 0.0678. The van der Waals surface area contributed by atoms with Gasteiger partial charge in [0.15, 0.2) is 5.65 Å². The molecule has 0 radical (unpaired) electrons. The van der Waals surface area contributed by atoms with Gasteiger partial charge in [-0.15, -0.1) is 0 Å². The van der Waals surface area contributed by atoms with E-state index in [1.54, 1.807) is 36.9 Å². The van der Waals surface area contributed by atoms with Crippen molar-refractivity contribution in [3.8, 4) is 0 Å². The van der Waals surface area contributed by atoms with Crippen LogP contribution in [0.1, 0.15) is 16.8 Å². The molecule has 0 aromatic carbocycles. The number of fused-ring (bicyclic) bond motifs is 1. The van der Waals surface area contributed by atoms with E-state index in [9.17, 15) is 4.79 Å². The summed E-state index contributed by atoms with van der Waals surface area (Å²) in [4.78, 5) is 25.1. The van der Waals surface area contributed by atoms with Gasteiger partial charge in [0.25, 0.3) is 5.91 Å². The SMILES string of the molecule is O=C(c1ccncc1)N1CCCN(c2ccnc3ccnn23)CC1. The summed E-state index contributed by atoms with van der Waals surface area (Å²) >= 11 is 0. The first kappa shape index (κ1) is 14.6. The monoisotopic (exact) mass is 322 g/mol. The van der Waals surface area contributed by atoms with E-state index in [4.69, 9.17) is 0 Å². The van der Waals surface area contributed by atoms with Crippen LogP contribution >= 0.6 is 0 Å². The highest BCUT2D eigenvalue weighted by atomic mass is 16.2. The molecular formula is C17H18N6O. The van der Waals surface area contributed by atoms with Crippen LogP contribution in [0.15, 0.2) is 49.1 Å². The number of aromatic nitrogens is 4.